The molecule has 0 amide bonds. The van der Waals surface area contributed by atoms with Crippen molar-refractivity contribution in [3.8, 4) is 5.75 Å². The van der Waals surface area contributed by atoms with Crippen LogP contribution in [0.15, 0.2) is 36.6 Å². The van der Waals surface area contributed by atoms with E-state index in [-0.39, 0.29) is 5.75 Å². The molecular formula is C11H14O2. The predicted octanol–water partition coefficient (Wildman–Crippen LogP) is 2.48. The SMILES string of the molecule is C=C(Cc1cccc(O)c1)OCC. The number of aromatic hydroxyl groups is 1. The first-order valence-corrected chi connectivity index (χ1v) is 4.31. The average Bonchev–Trinajstić information content (AvgIpc) is 2.04. The summed E-state index contributed by atoms with van der Waals surface area (Å²) in [5.74, 6) is 1.01. The first kappa shape index (κ1) is 9.65. The second-order valence-corrected chi connectivity index (χ2v) is 2.82. The molecule has 0 atom stereocenters. The van der Waals surface area contributed by atoms with Crippen molar-refractivity contribution in [1.82, 2.24) is 0 Å². The van der Waals surface area contributed by atoms with Crippen LogP contribution in [0.2, 0.25) is 0 Å². The molecule has 0 fully saturated rings. The first-order valence-electron chi connectivity index (χ1n) is 4.31. The highest BCUT2D eigenvalue weighted by atomic mass is 16.5. The number of rotatable bonds is 4. The van der Waals surface area contributed by atoms with Crippen molar-refractivity contribution in [2.24, 2.45) is 0 Å². The predicted molar refractivity (Wildman–Crippen MR) is 52.6 cm³/mol. The van der Waals surface area contributed by atoms with E-state index in [9.17, 15) is 5.11 Å². The largest absolute Gasteiger partial charge is 0.508 e. The zero-order valence-corrected chi connectivity index (χ0v) is 7.79. The lowest BCUT2D eigenvalue weighted by molar-refractivity contribution is 0.225. The van der Waals surface area contributed by atoms with Crippen molar-refractivity contribution in [3.05, 3.63) is 42.2 Å². The molecule has 1 aromatic carbocycles. The van der Waals surface area contributed by atoms with Gasteiger partial charge in [-0.05, 0) is 24.6 Å². The highest BCUT2D eigenvalue weighted by molar-refractivity contribution is 5.28. The van der Waals surface area contributed by atoms with Gasteiger partial charge in [0.05, 0.1) is 12.4 Å². The minimum atomic E-state index is 0.279. The van der Waals surface area contributed by atoms with Crippen molar-refractivity contribution in [3.63, 3.8) is 0 Å². The van der Waals surface area contributed by atoms with E-state index in [1.165, 1.54) is 0 Å². The molecule has 0 aliphatic carbocycles. The summed E-state index contributed by atoms with van der Waals surface area (Å²) in [7, 11) is 0. The summed E-state index contributed by atoms with van der Waals surface area (Å²) in [5.41, 5.74) is 1.01. The van der Waals surface area contributed by atoms with Gasteiger partial charge in [-0.25, -0.2) is 0 Å². The van der Waals surface area contributed by atoms with E-state index < -0.39 is 0 Å². The molecule has 0 aromatic heterocycles. The second-order valence-electron chi connectivity index (χ2n) is 2.82. The maximum absolute atomic E-state index is 9.19. The van der Waals surface area contributed by atoms with Gasteiger partial charge in [0.25, 0.3) is 0 Å². The molecule has 0 unspecified atom stereocenters. The lowest BCUT2D eigenvalue weighted by Gasteiger charge is -2.06. The summed E-state index contributed by atoms with van der Waals surface area (Å²) in [4.78, 5) is 0. The van der Waals surface area contributed by atoms with E-state index in [1.807, 2.05) is 19.1 Å². The van der Waals surface area contributed by atoms with Crippen molar-refractivity contribution in [1.29, 1.82) is 0 Å². The van der Waals surface area contributed by atoms with E-state index >= 15 is 0 Å². The van der Waals surface area contributed by atoms with Gasteiger partial charge in [0.2, 0.25) is 0 Å². The molecule has 2 heteroatoms. The fourth-order valence-electron chi connectivity index (χ4n) is 1.15. The van der Waals surface area contributed by atoms with E-state index in [4.69, 9.17) is 4.74 Å². The van der Waals surface area contributed by atoms with Crippen LogP contribution in [0.5, 0.6) is 5.75 Å². The Morgan fingerprint density at radius 2 is 2.31 bits per heavy atom. The van der Waals surface area contributed by atoms with E-state index in [2.05, 4.69) is 6.58 Å². The molecule has 0 saturated heterocycles. The molecule has 0 heterocycles. The number of ether oxygens (including phenoxy) is 1. The molecule has 0 radical (unpaired) electrons. The number of hydrogen-bond acceptors (Lipinski definition) is 2. The molecule has 1 N–H and O–H groups in total. The number of phenolic OH excluding ortho intramolecular Hbond substituents is 1. The lowest BCUT2D eigenvalue weighted by atomic mass is 10.1. The molecule has 70 valence electrons. The smallest absolute Gasteiger partial charge is 0.115 e. The Balaban J connectivity index is 2.58. The fourth-order valence-corrected chi connectivity index (χ4v) is 1.15. The summed E-state index contributed by atoms with van der Waals surface area (Å²) >= 11 is 0. The monoisotopic (exact) mass is 178 g/mol. The maximum Gasteiger partial charge on any atom is 0.115 e. The molecule has 13 heavy (non-hydrogen) atoms. The van der Waals surface area contributed by atoms with Crippen LogP contribution in [0.3, 0.4) is 0 Å². The third kappa shape index (κ3) is 3.20. The van der Waals surface area contributed by atoms with E-state index in [0.29, 0.717) is 13.0 Å². The van der Waals surface area contributed by atoms with Crippen LogP contribution in [0.4, 0.5) is 0 Å². The van der Waals surface area contributed by atoms with Gasteiger partial charge in [-0.2, -0.15) is 0 Å². The number of allylic oxidation sites excluding steroid dienone is 1. The van der Waals surface area contributed by atoms with Crippen LogP contribution in [0.1, 0.15) is 12.5 Å². The lowest BCUT2D eigenvalue weighted by Crippen LogP contribution is -1.94. The van der Waals surface area contributed by atoms with Crippen LogP contribution in [-0.4, -0.2) is 11.7 Å². The zero-order valence-electron chi connectivity index (χ0n) is 7.79. The Bertz CT molecular complexity index is 292. The number of hydrogen-bond donors (Lipinski definition) is 1. The van der Waals surface area contributed by atoms with Crippen molar-refractivity contribution in [2.75, 3.05) is 6.61 Å². The summed E-state index contributed by atoms with van der Waals surface area (Å²) in [6.07, 6.45) is 0.655. The summed E-state index contributed by atoms with van der Waals surface area (Å²) < 4.78 is 5.21. The Kier molecular flexibility index (Phi) is 3.38. The third-order valence-corrected chi connectivity index (χ3v) is 1.66. The molecule has 1 rings (SSSR count). The fraction of sp³-hybridized carbons (Fsp3) is 0.273. The molecule has 0 aliphatic rings. The quantitative estimate of drug-likeness (QED) is 0.718. The van der Waals surface area contributed by atoms with Gasteiger partial charge in [0.1, 0.15) is 5.75 Å². The van der Waals surface area contributed by atoms with Crippen LogP contribution >= 0.6 is 0 Å². The highest BCUT2D eigenvalue weighted by Gasteiger charge is 1.98. The van der Waals surface area contributed by atoms with Crippen molar-refractivity contribution < 1.29 is 9.84 Å². The number of phenols is 1. The zero-order chi connectivity index (χ0) is 9.68. The van der Waals surface area contributed by atoms with Gasteiger partial charge in [-0.3, -0.25) is 0 Å². The van der Waals surface area contributed by atoms with Crippen LogP contribution < -0.4 is 0 Å². The second kappa shape index (κ2) is 4.55. The van der Waals surface area contributed by atoms with Crippen LogP contribution in [0.25, 0.3) is 0 Å². The average molecular weight is 178 g/mol. The van der Waals surface area contributed by atoms with E-state index in [0.717, 1.165) is 11.3 Å². The van der Waals surface area contributed by atoms with Crippen LogP contribution in [0, 0.1) is 0 Å². The highest BCUT2D eigenvalue weighted by Crippen LogP contribution is 2.14. The molecule has 0 saturated carbocycles. The normalized spacial score (nSPS) is 9.62. The standard InChI is InChI=1S/C11H14O2/c1-3-13-9(2)7-10-5-4-6-11(12)8-10/h4-6,8,12H,2-3,7H2,1H3. The Labute approximate surface area is 78.5 Å². The molecule has 2 nitrogen and oxygen atoms in total. The summed E-state index contributed by atoms with van der Waals surface area (Å²) in [6.45, 7) is 6.33. The van der Waals surface area contributed by atoms with Gasteiger partial charge in [0, 0.05) is 6.42 Å². The van der Waals surface area contributed by atoms with Gasteiger partial charge in [-0.1, -0.05) is 18.7 Å². The van der Waals surface area contributed by atoms with Gasteiger partial charge >= 0.3 is 0 Å². The third-order valence-electron chi connectivity index (χ3n) is 1.66. The Morgan fingerprint density at radius 1 is 1.54 bits per heavy atom. The van der Waals surface area contributed by atoms with Gasteiger partial charge in [-0.15, -0.1) is 0 Å². The Morgan fingerprint density at radius 3 is 2.92 bits per heavy atom. The van der Waals surface area contributed by atoms with E-state index in [1.54, 1.807) is 12.1 Å². The molecule has 1 aromatic rings. The maximum atomic E-state index is 9.19. The molecule has 0 spiro atoms. The minimum absolute atomic E-state index is 0.279. The van der Waals surface area contributed by atoms with Crippen molar-refractivity contribution >= 4 is 0 Å². The Hall–Kier alpha value is -1.44. The van der Waals surface area contributed by atoms with Gasteiger partial charge < -0.3 is 9.84 Å². The number of benzene rings is 1. The van der Waals surface area contributed by atoms with Crippen LogP contribution in [-0.2, 0) is 11.2 Å². The van der Waals surface area contributed by atoms with Crippen molar-refractivity contribution in [2.45, 2.75) is 13.3 Å². The topological polar surface area (TPSA) is 29.5 Å². The van der Waals surface area contributed by atoms with Gasteiger partial charge in [0.15, 0.2) is 0 Å². The summed E-state index contributed by atoms with van der Waals surface area (Å²) in [5, 5.41) is 9.19. The minimum Gasteiger partial charge on any atom is -0.508 e. The first-order chi connectivity index (χ1) is 6.22. The molecular weight excluding hydrogens is 164 g/mol. The molecule has 0 aliphatic heterocycles. The summed E-state index contributed by atoms with van der Waals surface area (Å²) in [6, 6.07) is 7.10. The molecule has 0 bridgehead atoms.